The summed E-state index contributed by atoms with van der Waals surface area (Å²) in [4.78, 5) is 3.97. The quantitative estimate of drug-likeness (QED) is 0.762. The van der Waals surface area contributed by atoms with Gasteiger partial charge in [0.1, 0.15) is 6.61 Å². The van der Waals surface area contributed by atoms with Crippen molar-refractivity contribution in [1.29, 1.82) is 0 Å². The maximum absolute atomic E-state index is 8.70. The minimum atomic E-state index is -0.222. The molecule has 0 saturated carbocycles. The zero-order valence-corrected chi connectivity index (χ0v) is 13.1. The molecule has 0 aliphatic heterocycles. The summed E-state index contributed by atoms with van der Waals surface area (Å²) < 4.78 is 5.90. The highest BCUT2D eigenvalue weighted by atomic mass is 79.9. The second kappa shape index (κ2) is 7.71. The molecule has 0 saturated heterocycles. The Morgan fingerprint density at radius 1 is 1.05 bits per heavy atom. The Labute approximate surface area is 131 Å². The first-order valence-electron chi connectivity index (χ1n) is 6.40. The third-order valence-electron chi connectivity index (χ3n) is 2.65. The molecule has 0 atom stereocenters. The molecular formula is C16H15BrN2O2. The summed E-state index contributed by atoms with van der Waals surface area (Å²) in [6.07, 6.45) is 0. The van der Waals surface area contributed by atoms with Crippen molar-refractivity contribution in [3.05, 3.63) is 70.5 Å². The van der Waals surface area contributed by atoms with Gasteiger partial charge in [0.15, 0.2) is 0 Å². The first kappa shape index (κ1) is 15.4. The lowest BCUT2D eigenvalue weighted by atomic mass is 10.2. The van der Waals surface area contributed by atoms with E-state index < -0.39 is 0 Å². The first-order valence-corrected chi connectivity index (χ1v) is 7.19. The Bertz CT molecular complexity index is 645. The molecule has 0 radical (unpaired) electrons. The fourth-order valence-corrected chi connectivity index (χ4v) is 1.82. The van der Waals surface area contributed by atoms with Crippen molar-refractivity contribution in [2.75, 3.05) is 0 Å². The van der Waals surface area contributed by atoms with Crippen LogP contribution < -0.4 is 0 Å². The minimum Gasteiger partial charge on any atom is -0.387 e. The molecule has 5 heteroatoms. The number of aromatic nitrogens is 2. The van der Waals surface area contributed by atoms with Crippen molar-refractivity contribution in [3.8, 4) is 11.4 Å². The van der Waals surface area contributed by atoms with Gasteiger partial charge in [-0.25, -0.2) is 0 Å². The number of halogens is 1. The van der Waals surface area contributed by atoms with Crippen LogP contribution in [0.5, 0.6) is 0 Å². The topological polar surface area (TPSA) is 59.2 Å². The highest BCUT2D eigenvalue weighted by Crippen LogP contribution is 2.14. The van der Waals surface area contributed by atoms with Gasteiger partial charge in [0.2, 0.25) is 5.82 Å². The second-order valence-corrected chi connectivity index (χ2v) is 5.25. The third kappa shape index (κ3) is 4.81. The molecule has 1 heterocycles. The molecular weight excluding hydrogens is 332 g/mol. The van der Waals surface area contributed by atoms with E-state index in [1.54, 1.807) is 0 Å². The molecule has 108 valence electrons. The van der Waals surface area contributed by atoms with Gasteiger partial charge < -0.3 is 9.63 Å². The van der Waals surface area contributed by atoms with E-state index in [0.29, 0.717) is 5.82 Å². The number of rotatable bonds is 2. The number of hydrogen-bond acceptors (Lipinski definition) is 4. The van der Waals surface area contributed by atoms with E-state index in [2.05, 4.69) is 45.1 Å². The summed E-state index contributed by atoms with van der Waals surface area (Å²) in [5.41, 5.74) is 2.18. The van der Waals surface area contributed by atoms with E-state index >= 15 is 0 Å². The van der Waals surface area contributed by atoms with Crippen LogP contribution in [0.3, 0.4) is 0 Å². The lowest BCUT2D eigenvalue weighted by Crippen LogP contribution is -1.82. The van der Waals surface area contributed by atoms with Crippen LogP contribution >= 0.6 is 15.9 Å². The van der Waals surface area contributed by atoms with Gasteiger partial charge in [-0.05, 0) is 19.1 Å². The van der Waals surface area contributed by atoms with Crippen molar-refractivity contribution >= 4 is 15.9 Å². The van der Waals surface area contributed by atoms with Crippen LogP contribution in [0, 0.1) is 6.92 Å². The fraction of sp³-hybridized carbons (Fsp3) is 0.125. The third-order valence-corrected chi connectivity index (χ3v) is 3.17. The average molecular weight is 347 g/mol. The summed E-state index contributed by atoms with van der Waals surface area (Å²) in [5, 5.41) is 12.4. The molecule has 0 amide bonds. The first-order chi connectivity index (χ1) is 10.2. The number of benzene rings is 2. The predicted molar refractivity (Wildman–Crippen MR) is 84.5 cm³/mol. The lowest BCUT2D eigenvalue weighted by Gasteiger charge is -1.89. The number of nitrogens with zero attached hydrogens (tertiary/aromatic N) is 2. The zero-order valence-electron chi connectivity index (χ0n) is 11.5. The van der Waals surface area contributed by atoms with Crippen molar-refractivity contribution in [3.63, 3.8) is 0 Å². The zero-order chi connectivity index (χ0) is 15.1. The lowest BCUT2D eigenvalue weighted by molar-refractivity contribution is 0.222. The molecule has 1 aromatic heterocycles. The Morgan fingerprint density at radius 3 is 2.24 bits per heavy atom. The molecule has 21 heavy (non-hydrogen) atoms. The summed E-state index contributed by atoms with van der Waals surface area (Å²) in [6.45, 7) is 1.85. The molecule has 4 nitrogen and oxygen atoms in total. The fourth-order valence-electron chi connectivity index (χ4n) is 1.56. The molecule has 0 aliphatic rings. The molecule has 0 unspecified atom stereocenters. The monoisotopic (exact) mass is 346 g/mol. The van der Waals surface area contributed by atoms with Gasteiger partial charge in [0.25, 0.3) is 5.89 Å². The molecule has 3 aromatic rings. The number of hydrogen-bond donors (Lipinski definition) is 1. The average Bonchev–Trinajstić information content (AvgIpc) is 3.01. The van der Waals surface area contributed by atoms with Gasteiger partial charge in [-0.3, -0.25) is 0 Å². The van der Waals surface area contributed by atoms with Gasteiger partial charge in [-0.2, -0.15) is 4.98 Å². The van der Waals surface area contributed by atoms with Gasteiger partial charge in [-0.15, -0.1) is 0 Å². The van der Waals surface area contributed by atoms with E-state index in [4.69, 9.17) is 9.63 Å². The molecule has 0 spiro atoms. The van der Waals surface area contributed by atoms with Crippen LogP contribution in [0.25, 0.3) is 11.4 Å². The number of aryl methyl sites for hydroxylation is 1. The van der Waals surface area contributed by atoms with Crippen molar-refractivity contribution in [2.45, 2.75) is 13.5 Å². The number of aliphatic hydroxyl groups excluding tert-OH is 1. The summed E-state index contributed by atoms with van der Waals surface area (Å²) in [7, 11) is 0. The summed E-state index contributed by atoms with van der Waals surface area (Å²) in [5.74, 6) is 0.739. The Morgan fingerprint density at radius 2 is 1.71 bits per heavy atom. The van der Waals surface area contributed by atoms with Crippen LogP contribution in [0.1, 0.15) is 11.5 Å². The van der Waals surface area contributed by atoms with E-state index in [9.17, 15) is 0 Å². The summed E-state index contributed by atoms with van der Waals surface area (Å²) in [6, 6.07) is 17.7. The van der Waals surface area contributed by atoms with Crippen LogP contribution in [0.15, 0.2) is 63.6 Å². The van der Waals surface area contributed by atoms with E-state index in [1.165, 1.54) is 5.56 Å². The molecule has 0 bridgehead atoms. The van der Waals surface area contributed by atoms with Crippen LogP contribution in [-0.2, 0) is 6.61 Å². The summed E-state index contributed by atoms with van der Waals surface area (Å²) >= 11 is 3.35. The Hall–Kier alpha value is -1.98. The normalized spacial score (nSPS) is 9.86. The molecule has 1 N–H and O–H groups in total. The molecule has 0 fully saturated rings. The van der Waals surface area contributed by atoms with Crippen LogP contribution in [0.4, 0.5) is 0 Å². The van der Waals surface area contributed by atoms with E-state index in [1.807, 2.05) is 42.5 Å². The smallest absolute Gasteiger partial charge is 0.252 e. The van der Waals surface area contributed by atoms with Gasteiger partial charge >= 0.3 is 0 Å². The van der Waals surface area contributed by atoms with Crippen LogP contribution in [-0.4, -0.2) is 15.2 Å². The van der Waals surface area contributed by atoms with E-state index in [-0.39, 0.29) is 12.5 Å². The van der Waals surface area contributed by atoms with Crippen molar-refractivity contribution in [1.82, 2.24) is 10.1 Å². The Kier molecular flexibility index (Phi) is 5.66. The molecule has 3 rings (SSSR count). The van der Waals surface area contributed by atoms with E-state index in [0.717, 1.165) is 10.0 Å². The Balaban J connectivity index is 0.000000173. The number of aliphatic hydroxyl groups is 1. The highest BCUT2D eigenvalue weighted by Gasteiger charge is 2.05. The SMILES string of the molecule is Cc1ccc(Br)cc1.OCc1nc(-c2ccccc2)no1. The van der Waals surface area contributed by atoms with Crippen molar-refractivity contribution in [2.24, 2.45) is 0 Å². The van der Waals surface area contributed by atoms with Crippen molar-refractivity contribution < 1.29 is 9.63 Å². The standard InChI is InChI=1S/C9H8N2O2.C7H7Br/c12-6-8-10-9(11-13-8)7-4-2-1-3-5-7;1-6-2-4-7(8)5-3-6/h1-5,12H,6H2;2-5H,1H3. The molecule has 0 aliphatic carbocycles. The van der Waals surface area contributed by atoms with Crippen LogP contribution in [0.2, 0.25) is 0 Å². The van der Waals surface area contributed by atoms with Gasteiger partial charge in [0.05, 0.1) is 0 Å². The maximum Gasteiger partial charge on any atom is 0.252 e. The highest BCUT2D eigenvalue weighted by molar-refractivity contribution is 9.10. The maximum atomic E-state index is 8.70. The minimum absolute atomic E-state index is 0.222. The van der Waals surface area contributed by atoms with Gasteiger partial charge in [0, 0.05) is 10.0 Å². The molecule has 2 aromatic carbocycles. The largest absolute Gasteiger partial charge is 0.387 e. The van der Waals surface area contributed by atoms with Gasteiger partial charge in [-0.1, -0.05) is 69.1 Å². The second-order valence-electron chi connectivity index (χ2n) is 4.33. The predicted octanol–water partition coefficient (Wildman–Crippen LogP) is 3.99.